The van der Waals surface area contributed by atoms with E-state index in [1.165, 1.54) is 21.3 Å². The van der Waals surface area contributed by atoms with Gasteiger partial charge in [0.05, 0.1) is 16.6 Å². The van der Waals surface area contributed by atoms with Gasteiger partial charge in [-0.2, -0.15) is 4.99 Å². The molecule has 2 aromatic carbocycles. The lowest BCUT2D eigenvalue weighted by Gasteiger charge is -2.02. The van der Waals surface area contributed by atoms with E-state index in [2.05, 4.69) is 30.1 Å². The van der Waals surface area contributed by atoms with Crippen molar-refractivity contribution in [2.45, 2.75) is 26.7 Å². The van der Waals surface area contributed by atoms with E-state index in [1.54, 1.807) is 11.3 Å². The topological polar surface area (TPSA) is 34.4 Å². The van der Waals surface area contributed by atoms with Crippen LogP contribution in [0.2, 0.25) is 0 Å². The number of hydrogen-bond acceptors (Lipinski definition) is 2. The monoisotopic (exact) mass is 324 g/mol. The molecule has 0 saturated carbocycles. The quantitative estimate of drug-likeness (QED) is 0.722. The molecule has 0 bridgehead atoms. The van der Waals surface area contributed by atoms with E-state index in [0.717, 1.165) is 16.8 Å². The molecule has 0 aliphatic rings. The molecular formula is C19H20N2OS. The van der Waals surface area contributed by atoms with Gasteiger partial charge in [-0.1, -0.05) is 60.2 Å². The first-order chi connectivity index (χ1) is 11.1. The van der Waals surface area contributed by atoms with Gasteiger partial charge in [0.1, 0.15) is 0 Å². The van der Waals surface area contributed by atoms with Crippen LogP contribution in [0, 0.1) is 6.92 Å². The van der Waals surface area contributed by atoms with E-state index in [1.807, 2.05) is 42.8 Å². The summed E-state index contributed by atoms with van der Waals surface area (Å²) in [6.45, 7) is 4.18. The van der Waals surface area contributed by atoms with Gasteiger partial charge in [0.15, 0.2) is 4.80 Å². The number of para-hydroxylation sites is 1. The molecule has 0 aliphatic carbocycles. The van der Waals surface area contributed by atoms with Crippen molar-refractivity contribution in [3.05, 3.63) is 64.0 Å². The van der Waals surface area contributed by atoms with Crippen LogP contribution in [-0.2, 0) is 24.7 Å². The SMILES string of the molecule is CCc1cccc2sc(=NC(=O)Cc3ccc(C)cc3)n(C)c12. The van der Waals surface area contributed by atoms with Crippen LogP contribution in [0.5, 0.6) is 0 Å². The molecule has 1 amide bonds. The number of nitrogens with zero attached hydrogens (tertiary/aromatic N) is 2. The second-order valence-electron chi connectivity index (χ2n) is 5.73. The van der Waals surface area contributed by atoms with Crippen molar-refractivity contribution in [2.75, 3.05) is 0 Å². The smallest absolute Gasteiger partial charge is 0.252 e. The van der Waals surface area contributed by atoms with Crippen molar-refractivity contribution in [1.29, 1.82) is 0 Å². The molecule has 1 heterocycles. The number of fused-ring (bicyclic) bond motifs is 1. The number of aromatic nitrogens is 1. The second kappa shape index (κ2) is 6.50. The molecule has 0 N–H and O–H groups in total. The Labute approximate surface area is 139 Å². The van der Waals surface area contributed by atoms with Crippen molar-refractivity contribution in [3.8, 4) is 0 Å². The molecule has 0 aliphatic heterocycles. The van der Waals surface area contributed by atoms with Crippen LogP contribution in [0.15, 0.2) is 47.5 Å². The standard InChI is InChI=1S/C19H20N2OS/c1-4-15-6-5-7-16-18(15)21(3)19(23-16)20-17(22)12-14-10-8-13(2)9-11-14/h5-11H,4,12H2,1-3H3. The Morgan fingerprint density at radius 3 is 2.61 bits per heavy atom. The summed E-state index contributed by atoms with van der Waals surface area (Å²) in [5.74, 6) is -0.103. The third-order valence-electron chi connectivity index (χ3n) is 3.98. The highest BCUT2D eigenvalue weighted by Crippen LogP contribution is 2.21. The fourth-order valence-corrected chi connectivity index (χ4v) is 3.79. The molecule has 0 fully saturated rings. The van der Waals surface area contributed by atoms with Crippen LogP contribution in [0.1, 0.15) is 23.6 Å². The molecule has 3 aromatic rings. The van der Waals surface area contributed by atoms with Crippen LogP contribution < -0.4 is 4.80 Å². The molecule has 0 radical (unpaired) electrons. The third kappa shape index (κ3) is 3.27. The summed E-state index contributed by atoms with van der Waals surface area (Å²) >= 11 is 1.57. The van der Waals surface area contributed by atoms with Gasteiger partial charge in [0, 0.05) is 7.05 Å². The minimum Gasteiger partial charge on any atom is -0.319 e. The maximum absolute atomic E-state index is 12.3. The Morgan fingerprint density at radius 2 is 1.91 bits per heavy atom. The molecule has 1 aromatic heterocycles. The summed E-state index contributed by atoms with van der Waals surface area (Å²) in [5, 5.41) is 0. The minimum absolute atomic E-state index is 0.103. The van der Waals surface area contributed by atoms with E-state index in [0.29, 0.717) is 6.42 Å². The zero-order chi connectivity index (χ0) is 16.4. The number of thiazole rings is 1. The number of rotatable bonds is 3. The fraction of sp³-hybridized carbons (Fsp3) is 0.263. The average Bonchev–Trinajstić information content (AvgIpc) is 2.86. The van der Waals surface area contributed by atoms with Crippen molar-refractivity contribution >= 4 is 27.5 Å². The van der Waals surface area contributed by atoms with Gasteiger partial charge in [0.2, 0.25) is 0 Å². The van der Waals surface area contributed by atoms with Crippen LogP contribution in [0.4, 0.5) is 0 Å². The largest absolute Gasteiger partial charge is 0.319 e. The van der Waals surface area contributed by atoms with Crippen LogP contribution >= 0.6 is 11.3 Å². The highest BCUT2D eigenvalue weighted by Gasteiger charge is 2.08. The summed E-state index contributed by atoms with van der Waals surface area (Å²) in [7, 11) is 1.98. The predicted molar refractivity (Wildman–Crippen MR) is 95.6 cm³/mol. The van der Waals surface area contributed by atoms with Gasteiger partial charge in [-0.3, -0.25) is 4.79 Å². The lowest BCUT2D eigenvalue weighted by molar-refractivity contribution is -0.117. The summed E-state index contributed by atoms with van der Waals surface area (Å²) in [4.78, 5) is 17.4. The Kier molecular flexibility index (Phi) is 4.44. The maximum Gasteiger partial charge on any atom is 0.252 e. The Balaban J connectivity index is 1.96. The minimum atomic E-state index is -0.103. The van der Waals surface area contributed by atoms with E-state index in [4.69, 9.17) is 0 Å². The number of carbonyl (C=O) groups is 1. The number of aryl methyl sites for hydroxylation is 3. The Morgan fingerprint density at radius 1 is 1.17 bits per heavy atom. The first-order valence-corrected chi connectivity index (χ1v) is 8.60. The van der Waals surface area contributed by atoms with E-state index in [9.17, 15) is 4.79 Å². The number of amides is 1. The van der Waals surface area contributed by atoms with Crippen molar-refractivity contribution in [2.24, 2.45) is 12.0 Å². The fourth-order valence-electron chi connectivity index (χ4n) is 2.70. The molecule has 0 unspecified atom stereocenters. The van der Waals surface area contributed by atoms with Crippen molar-refractivity contribution < 1.29 is 4.79 Å². The van der Waals surface area contributed by atoms with Crippen molar-refractivity contribution in [3.63, 3.8) is 0 Å². The van der Waals surface area contributed by atoms with Gasteiger partial charge in [-0.05, 0) is 30.5 Å². The predicted octanol–water partition coefficient (Wildman–Crippen LogP) is 3.78. The zero-order valence-corrected chi connectivity index (χ0v) is 14.5. The lowest BCUT2D eigenvalue weighted by Crippen LogP contribution is -2.14. The van der Waals surface area contributed by atoms with Gasteiger partial charge in [-0.25, -0.2) is 0 Å². The molecule has 3 nitrogen and oxygen atoms in total. The van der Waals surface area contributed by atoms with Crippen LogP contribution in [0.3, 0.4) is 0 Å². The van der Waals surface area contributed by atoms with E-state index in [-0.39, 0.29) is 5.91 Å². The summed E-state index contributed by atoms with van der Waals surface area (Å²) in [6, 6.07) is 14.3. The van der Waals surface area contributed by atoms with Crippen LogP contribution in [-0.4, -0.2) is 10.5 Å². The highest BCUT2D eigenvalue weighted by molar-refractivity contribution is 7.16. The third-order valence-corrected chi connectivity index (χ3v) is 5.08. The normalized spacial score (nSPS) is 12.0. The second-order valence-corrected chi connectivity index (χ2v) is 6.74. The summed E-state index contributed by atoms with van der Waals surface area (Å²) in [6.07, 6.45) is 1.31. The molecule has 0 saturated heterocycles. The van der Waals surface area contributed by atoms with E-state index >= 15 is 0 Å². The molecule has 23 heavy (non-hydrogen) atoms. The molecule has 118 valence electrons. The average molecular weight is 324 g/mol. The van der Waals surface area contributed by atoms with Crippen molar-refractivity contribution in [1.82, 2.24) is 4.57 Å². The molecular weight excluding hydrogens is 304 g/mol. The first kappa shape index (κ1) is 15.7. The number of carbonyl (C=O) groups excluding carboxylic acids is 1. The zero-order valence-electron chi connectivity index (χ0n) is 13.7. The van der Waals surface area contributed by atoms with E-state index < -0.39 is 0 Å². The van der Waals surface area contributed by atoms with Gasteiger partial charge < -0.3 is 4.57 Å². The number of hydrogen-bond donors (Lipinski definition) is 0. The Hall–Kier alpha value is -2.20. The summed E-state index contributed by atoms with van der Waals surface area (Å²) < 4.78 is 3.21. The molecule has 4 heteroatoms. The molecule has 0 spiro atoms. The Bertz CT molecular complexity index is 917. The van der Waals surface area contributed by atoms with Gasteiger partial charge in [-0.15, -0.1) is 0 Å². The molecule has 0 atom stereocenters. The summed E-state index contributed by atoms with van der Waals surface area (Å²) in [5.41, 5.74) is 4.67. The van der Waals surface area contributed by atoms with Gasteiger partial charge >= 0.3 is 0 Å². The molecule has 3 rings (SSSR count). The number of benzene rings is 2. The highest BCUT2D eigenvalue weighted by atomic mass is 32.1. The lowest BCUT2D eigenvalue weighted by atomic mass is 10.1. The van der Waals surface area contributed by atoms with Gasteiger partial charge in [0.25, 0.3) is 5.91 Å². The van der Waals surface area contributed by atoms with Crippen LogP contribution in [0.25, 0.3) is 10.2 Å². The first-order valence-electron chi connectivity index (χ1n) is 7.79. The maximum atomic E-state index is 12.3.